The molecule has 646 valence electrons. The van der Waals surface area contributed by atoms with Gasteiger partial charge in [0.05, 0.1) is 99.2 Å². The van der Waals surface area contributed by atoms with Crippen molar-refractivity contribution in [3.05, 3.63) is 138 Å². The molecule has 6 rings (SSSR count). The molecular formula is C79H119N5O31. The number of carbonyl (C=O) groups excluding carboxylic acids is 7. The Hall–Kier alpha value is -8.19. The Bertz CT molecular complexity index is 3480. The second-order valence-corrected chi connectivity index (χ2v) is 29.5. The minimum absolute atomic E-state index is 0.0513. The van der Waals surface area contributed by atoms with Crippen molar-refractivity contribution in [3.63, 3.8) is 0 Å². The van der Waals surface area contributed by atoms with E-state index >= 15 is 0 Å². The first-order chi connectivity index (χ1) is 54.2. The molecule has 115 heavy (non-hydrogen) atoms. The SMILES string of the molecule is CNc1ccc(C(=O)CC(O)CC[C@H](C)[C@H]2OC(=O)C[C@H](O)CC(=O)C[C@H](O)C[C@H](O)C[C@H](O)C[C@H](O)C[C@]3(O)C[C@H](O)[C@@H](C(=O)NCCN(C)C)[C@H](C[C@@H](O[C@@H]4O[C@H](C)[C@@H](O)[C@H](NC(=O)CN(C)C)[C@@H]4O)/C=C/C=C/C=C/C=C/C=C/C=C/C=C/[C@@H]2C)O3)cc1.O=C1O[C@H]([C@@H](O)CO)C(O)=C1O.O=C1O[C@H]([C@@H](O)CO)C(O)=C1O. The molecule has 1 aromatic carbocycles. The quantitative estimate of drug-likeness (QED) is 0.0409. The molecule has 0 saturated carbocycles. The van der Waals surface area contributed by atoms with E-state index in [1.54, 1.807) is 129 Å². The Labute approximate surface area is 667 Å². The van der Waals surface area contributed by atoms with Gasteiger partial charge in [0.15, 0.2) is 41.6 Å². The lowest BCUT2D eigenvalue weighted by Crippen LogP contribution is -2.64. The van der Waals surface area contributed by atoms with Gasteiger partial charge in [0.2, 0.25) is 23.3 Å². The van der Waals surface area contributed by atoms with Crippen LogP contribution in [0.3, 0.4) is 0 Å². The van der Waals surface area contributed by atoms with Crippen molar-refractivity contribution in [2.24, 2.45) is 17.8 Å². The normalized spacial score (nSPS) is 33.0. The van der Waals surface area contributed by atoms with Gasteiger partial charge in [-0.2, -0.15) is 0 Å². The van der Waals surface area contributed by atoms with Crippen molar-refractivity contribution in [2.45, 2.75) is 220 Å². The molecule has 1 aromatic rings. The van der Waals surface area contributed by atoms with Crippen LogP contribution in [-0.2, 0) is 57.2 Å². The van der Waals surface area contributed by atoms with Gasteiger partial charge in [0.1, 0.15) is 36.3 Å². The summed E-state index contributed by atoms with van der Waals surface area (Å²) in [5.74, 6) is -12.7. The number of fused-ring (bicyclic) bond motifs is 2. The highest BCUT2D eigenvalue weighted by molar-refractivity contribution is 5.96. The second kappa shape index (κ2) is 49.8. The van der Waals surface area contributed by atoms with E-state index in [1.165, 1.54) is 6.92 Å². The molecular weight excluding hydrogens is 1510 g/mol. The van der Waals surface area contributed by atoms with Crippen LogP contribution in [0.4, 0.5) is 5.69 Å². The van der Waals surface area contributed by atoms with Gasteiger partial charge in [-0.3, -0.25) is 24.0 Å². The van der Waals surface area contributed by atoms with Gasteiger partial charge in [-0.1, -0.05) is 98.9 Å². The fourth-order valence-corrected chi connectivity index (χ4v) is 12.9. The maximum atomic E-state index is 14.0. The maximum Gasteiger partial charge on any atom is 0.377 e. The number of rotatable bonds is 21. The summed E-state index contributed by atoms with van der Waals surface area (Å²) in [5.41, 5.74) is 1.30. The highest BCUT2D eigenvalue weighted by Crippen LogP contribution is 2.39. The molecule has 0 aliphatic carbocycles. The van der Waals surface area contributed by atoms with Gasteiger partial charge >= 0.3 is 17.9 Å². The first-order valence-electron chi connectivity index (χ1n) is 37.9. The summed E-state index contributed by atoms with van der Waals surface area (Å²) in [6.45, 7) is 4.47. The predicted octanol–water partition coefficient (Wildman–Crippen LogP) is -0.757. The smallest absolute Gasteiger partial charge is 0.377 e. The van der Waals surface area contributed by atoms with Crippen LogP contribution in [-0.4, -0.2) is 333 Å². The standard InChI is InChI=1S/C67H103N5O19.2C6H8O6/c1-42-21-19-17-15-13-11-9-10-12-14-16-18-20-22-54(89-66-63(85)61(62(84)44(3)88-66)70-58(82)41-72(7)8)38-57-60(65(86)69-29-30-71(5)6)56(81)40-67(87,91-57)39-53(79)35-51(77)33-49(75)31-48(74)32-50(76)34-52(78)37-59(83)90-64(42)43(2)23-28-47(73)36-55(80)45-24-26-46(68-4)27-25-45;2*7-1-2(8)5-3(9)4(10)6(11)12-5/h9-22,24-27,42-44,47-49,51-54,56-57,60-64,66,68,73-75,77-79,81,84-85,87H,23,28-41H2,1-8H3,(H,69,86)(H,70,82);2*2,5,7-10H,1H2/b10-9+,13-11+,14-12+,17-15+,18-16+,21-19+,22-20+;;/t42-,43-,44+,47?,48+,49-,51-,52+,53-,54-,56-,57-,60+,61-,62+,63-,64-,66-,67+;2*2-,5+/m000/s1. The zero-order chi connectivity index (χ0) is 86.0. The zero-order valence-corrected chi connectivity index (χ0v) is 65.9. The highest BCUT2D eigenvalue weighted by Gasteiger charge is 2.52. The Morgan fingerprint density at radius 1 is 0.626 bits per heavy atom. The van der Waals surface area contributed by atoms with E-state index in [4.69, 9.17) is 59.8 Å². The topological polar surface area (TPSA) is 582 Å². The summed E-state index contributed by atoms with van der Waals surface area (Å²) in [6, 6.07) is 5.68. The van der Waals surface area contributed by atoms with Crippen molar-refractivity contribution < 1.29 is 154 Å². The molecule has 36 nitrogen and oxygen atoms in total. The van der Waals surface area contributed by atoms with Gasteiger partial charge in [-0.05, 0) is 97.4 Å². The van der Waals surface area contributed by atoms with E-state index in [0.29, 0.717) is 18.5 Å². The Morgan fingerprint density at radius 3 is 1.64 bits per heavy atom. The van der Waals surface area contributed by atoms with Crippen LogP contribution in [0.2, 0.25) is 0 Å². The molecule has 2 amide bonds. The van der Waals surface area contributed by atoms with Crippen LogP contribution in [0.15, 0.2) is 132 Å². The molecule has 0 radical (unpaired) electrons. The third-order valence-corrected chi connectivity index (χ3v) is 18.9. The monoisotopic (exact) mass is 1630 g/mol. The van der Waals surface area contributed by atoms with Crippen LogP contribution >= 0.6 is 0 Å². The van der Waals surface area contributed by atoms with E-state index in [0.717, 1.165) is 5.69 Å². The number of ether oxygens (including phenoxy) is 6. The molecule has 0 spiro atoms. The molecule has 1 unspecified atom stereocenters. The first-order valence-corrected chi connectivity index (χ1v) is 37.9. The summed E-state index contributed by atoms with van der Waals surface area (Å²) >= 11 is 0. The number of carbonyl (C=O) groups is 7. The van der Waals surface area contributed by atoms with E-state index < -0.39 is 251 Å². The fraction of sp³-hybridized carbons (Fsp3) is 0.608. The van der Waals surface area contributed by atoms with E-state index in [1.807, 2.05) is 38.9 Å². The number of hydrogen-bond acceptors (Lipinski definition) is 34. The fourth-order valence-electron chi connectivity index (χ4n) is 12.9. The van der Waals surface area contributed by atoms with Gasteiger partial charge in [0.25, 0.3) is 0 Å². The lowest BCUT2D eigenvalue weighted by molar-refractivity contribution is -0.307. The number of benzene rings is 1. The lowest BCUT2D eigenvalue weighted by atomic mass is 9.82. The molecule has 5 aliphatic rings. The van der Waals surface area contributed by atoms with Crippen molar-refractivity contribution in [1.29, 1.82) is 0 Å². The molecule has 2 bridgehead atoms. The number of aliphatic hydroxyl groups excluding tert-OH is 17. The third kappa shape index (κ3) is 34.1. The van der Waals surface area contributed by atoms with E-state index in [9.17, 15) is 84.6 Å². The molecule has 36 heteroatoms. The third-order valence-electron chi connectivity index (χ3n) is 18.9. The second-order valence-electron chi connectivity index (χ2n) is 29.5. The number of nitrogens with zero attached hydrogens (tertiary/aromatic N) is 2. The Kier molecular flexibility index (Phi) is 42.9. The molecule has 5 aliphatic heterocycles. The summed E-state index contributed by atoms with van der Waals surface area (Å²) in [6.07, 6.45) is -3.37. The van der Waals surface area contributed by atoms with Gasteiger partial charge in [-0.15, -0.1) is 0 Å². The number of cyclic esters (lactones) is 3. The minimum atomic E-state index is -2.32. The number of likely N-dealkylation sites (N-methyl/N-ethyl adjacent to an activating group) is 2. The number of nitrogens with one attached hydrogen (secondary N) is 3. The highest BCUT2D eigenvalue weighted by atomic mass is 16.7. The number of allylic oxidation sites excluding steroid dienone is 12. The zero-order valence-electron chi connectivity index (χ0n) is 65.9. The number of ketones is 2. The van der Waals surface area contributed by atoms with Crippen LogP contribution in [0.1, 0.15) is 108 Å². The van der Waals surface area contributed by atoms with Gasteiger partial charge < -0.3 is 146 Å². The van der Waals surface area contributed by atoms with E-state index in [-0.39, 0.29) is 50.0 Å². The summed E-state index contributed by atoms with van der Waals surface area (Å²) < 4.78 is 33.3. The average Bonchev–Trinajstić information content (AvgIpc) is 1.77. The van der Waals surface area contributed by atoms with Crippen LogP contribution in [0.25, 0.3) is 0 Å². The minimum Gasteiger partial charge on any atom is -0.505 e. The maximum absolute atomic E-state index is 14.0. The molecule has 5 heterocycles. The summed E-state index contributed by atoms with van der Waals surface area (Å²) in [4.78, 5) is 90.9. The van der Waals surface area contributed by atoms with Crippen LogP contribution in [0, 0.1) is 17.8 Å². The average molecular weight is 1630 g/mol. The molecule has 21 N–H and O–H groups in total. The molecule has 2 saturated heterocycles. The largest absolute Gasteiger partial charge is 0.505 e. The van der Waals surface area contributed by atoms with Crippen molar-refractivity contribution >= 4 is 47.0 Å². The summed E-state index contributed by atoms with van der Waals surface area (Å²) in [7, 11) is 8.75. The number of aliphatic hydroxyl groups is 18. The first kappa shape index (κ1) is 99.2. The molecule has 0 aromatic heterocycles. The predicted molar refractivity (Wildman–Crippen MR) is 412 cm³/mol. The van der Waals surface area contributed by atoms with Crippen LogP contribution in [0.5, 0.6) is 0 Å². The Balaban J connectivity index is 0.000000979. The number of Topliss-reactive ketones (excluding diaryl/α,β-unsaturated/α-hetero) is 2. The van der Waals surface area contributed by atoms with Crippen LogP contribution < -0.4 is 16.0 Å². The number of esters is 3. The molecule has 23 atom stereocenters. The lowest BCUT2D eigenvalue weighted by Gasteiger charge is -2.46. The van der Waals surface area contributed by atoms with Crippen molar-refractivity contribution in [1.82, 2.24) is 20.4 Å². The van der Waals surface area contributed by atoms with E-state index in [2.05, 4.69) is 25.4 Å². The Morgan fingerprint density at radius 2 is 1.14 bits per heavy atom. The number of amides is 2. The molecule has 2 fully saturated rings. The number of hydrogen-bond donors (Lipinski definition) is 21. The van der Waals surface area contributed by atoms with Crippen molar-refractivity contribution in [3.8, 4) is 0 Å². The van der Waals surface area contributed by atoms with Crippen molar-refractivity contribution in [2.75, 3.05) is 73.4 Å². The summed E-state index contributed by atoms with van der Waals surface area (Å²) in [5, 5.41) is 191. The van der Waals surface area contributed by atoms with Gasteiger partial charge in [0, 0.05) is 75.8 Å². The number of anilines is 1. The van der Waals surface area contributed by atoms with Gasteiger partial charge in [-0.25, -0.2) is 9.59 Å².